The second-order valence-corrected chi connectivity index (χ2v) is 20.4. The molecule has 494 valence electrons. The lowest BCUT2D eigenvalue weighted by atomic mass is 9.96. The fourth-order valence-corrected chi connectivity index (χ4v) is 7.65. The van der Waals surface area contributed by atoms with Crippen LogP contribution in [0.15, 0.2) is 146 Å². The van der Waals surface area contributed by atoms with Gasteiger partial charge in [0.25, 0.3) is 0 Å². The van der Waals surface area contributed by atoms with Crippen LogP contribution >= 0.6 is 11.6 Å². The van der Waals surface area contributed by atoms with Crippen molar-refractivity contribution in [2.45, 2.75) is 101 Å². The summed E-state index contributed by atoms with van der Waals surface area (Å²) in [4.78, 5) is 96.4. The van der Waals surface area contributed by atoms with Gasteiger partial charge in [-0.15, -0.1) is 0 Å². The Morgan fingerprint density at radius 1 is 0.560 bits per heavy atom. The number of carbonyl (C=O) groups excluding carboxylic acids is 1. The van der Waals surface area contributed by atoms with Crippen LogP contribution in [0.1, 0.15) is 75.1 Å². The third-order valence-corrected chi connectivity index (χ3v) is 12.9. The third-order valence-electron chi connectivity index (χ3n) is 12.6. The van der Waals surface area contributed by atoms with Crippen LogP contribution in [0.3, 0.4) is 0 Å². The first-order chi connectivity index (χ1) is 43.1. The summed E-state index contributed by atoms with van der Waals surface area (Å²) < 4.78 is 1.92. The molecule has 8 rings (SSSR count). The zero-order valence-electron chi connectivity index (χ0n) is 49.8. The quantitative estimate of drug-likeness (QED) is 0.0521. The Hall–Kier alpha value is -9.49. The van der Waals surface area contributed by atoms with Crippen molar-refractivity contribution in [3.8, 4) is 0 Å². The number of rotatable bonds is 20. The van der Waals surface area contributed by atoms with E-state index in [9.17, 15) is 43.2 Å². The Bertz CT molecular complexity index is 3160. The SMILES string of the molecule is NC(=O)CCC(N)C(=O)O.NC(Cc1ccc(Cl)cc1)C(=O)O.NC(Cc1ccccc1)C(=O)O.NC(Cc1cn(Cc2ccccc2)cn1)C(=O)O.NCC(=O)O.NCc1ccc(C(=O)O)cc1.O=C(O)C1CCNCC1.O=C(O)C1Cc2ccccc2CN1. The lowest BCUT2D eigenvalue weighted by molar-refractivity contribution is -0.143. The highest BCUT2D eigenvalue weighted by Crippen LogP contribution is 2.16. The van der Waals surface area contributed by atoms with Crippen LogP contribution in [-0.4, -0.2) is 154 Å². The van der Waals surface area contributed by atoms with Gasteiger partial charge >= 0.3 is 47.8 Å². The van der Waals surface area contributed by atoms with Gasteiger partial charge in [0.15, 0.2) is 0 Å². The fourth-order valence-electron chi connectivity index (χ4n) is 7.52. The van der Waals surface area contributed by atoms with Crippen molar-refractivity contribution >= 4 is 65.3 Å². The number of nitrogens with zero attached hydrogens (tertiary/aromatic N) is 2. The number of aromatic carboxylic acids is 1. The second-order valence-electron chi connectivity index (χ2n) is 19.9. The summed E-state index contributed by atoms with van der Waals surface area (Å²) in [6.45, 7) is 3.26. The molecule has 1 aromatic heterocycles. The summed E-state index contributed by atoms with van der Waals surface area (Å²) in [7, 11) is 0. The van der Waals surface area contributed by atoms with Crippen LogP contribution in [0.4, 0.5) is 0 Å². The van der Waals surface area contributed by atoms with Crippen LogP contribution in [0.25, 0.3) is 0 Å². The summed E-state index contributed by atoms with van der Waals surface area (Å²) in [5, 5.41) is 74.1. The molecule has 5 aromatic carbocycles. The van der Waals surface area contributed by atoms with E-state index in [4.69, 9.17) is 86.9 Å². The Morgan fingerprint density at radius 3 is 1.44 bits per heavy atom. The van der Waals surface area contributed by atoms with Crippen molar-refractivity contribution in [1.29, 1.82) is 0 Å². The van der Waals surface area contributed by atoms with Gasteiger partial charge in [0, 0.05) is 43.7 Å². The lowest BCUT2D eigenvalue weighted by Gasteiger charge is -2.22. The van der Waals surface area contributed by atoms with Gasteiger partial charge in [0.1, 0.15) is 30.2 Å². The van der Waals surface area contributed by atoms with Gasteiger partial charge in [-0.25, -0.2) is 9.78 Å². The number of benzene rings is 5. The minimum Gasteiger partial charge on any atom is -0.481 e. The zero-order chi connectivity index (χ0) is 68.4. The number of halogens is 1. The molecule has 0 bridgehead atoms. The molecule has 6 aromatic rings. The minimum absolute atomic E-state index is 0.0213. The highest BCUT2D eigenvalue weighted by molar-refractivity contribution is 6.30. The van der Waals surface area contributed by atoms with E-state index in [1.165, 1.54) is 11.1 Å². The first-order valence-electron chi connectivity index (χ1n) is 28.0. The first-order valence-corrected chi connectivity index (χ1v) is 28.4. The molecule has 2 aliphatic rings. The van der Waals surface area contributed by atoms with E-state index in [0.29, 0.717) is 48.6 Å². The first kappa shape index (κ1) is 79.5. The molecule has 1 fully saturated rings. The van der Waals surface area contributed by atoms with Gasteiger partial charge in [-0.3, -0.25) is 38.4 Å². The molecule has 0 spiro atoms. The van der Waals surface area contributed by atoms with Crippen LogP contribution in [0.5, 0.6) is 0 Å². The molecular weight excluding hydrogens is 1210 g/mol. The molecule has 5 atom stereocenters. The molecule has 24 N–H and O–H groups in total. The second kappa shape index (κ2) is 44.9. The van der Waals surface area contributed by atoms with E-state index in [1.807, 2.05) is 95.7 Å². The molecule has 0 radical (unpaired) electrons. The summed E-state index contributed by atoms with van der Waals surface area (Å²) >= 11 is 5.66. The maximum Gasteiger partial charge on any atom is 0.335 e. The monoisotopic (exact) mass is 1290 g/mol. The number of primary amides is 1. The standard InChI is InChI=1S/C13H15N3O2.C10H11NO2.C9H10ClNO2.C9H11NO2.C8H9NO2.C6H11NO2.C5H10N2O3.C2H5NO2/c14-12(13(17)18)6-11-8-16(9-15-11)7-10-4-2-1-3-5-10;12-10(13)9-5-7-3-1-2-4-8(7)6-11-9;10-7-3-1-6(2-4-7)5-8(11)9(12)13;10-8(9(11)12)6-7-4-2-1-3-5-7;9-5-6-1-3-7(4-2-6)8(10)11;8-6(9)5-1-3-7-4-2-5;6-3(5(9)10)1-2-4(7)8;3-1-2(4)5/h1-5,8-9,12H,6-7,14H2,(H,17,18);1-4,9,11H,5-6H2,(H,12,13);1-4,8H,5,11H2,(H,12,13);1-5,8H,6,10H2,(H,11,12);1-4H,5,9H2,(H,10,11);5,7H,1-4H2,(H,8,9);3H,1-2,6H2,(H2,7,8)(H,9,10);1,3H2,(H,4,5). The Labute approximate surface area is 530 Å². The summed E-state index contributed by atoms with van der Waals surface area (Å²) in [6, 6.07) is 36.8. The number of carboxylic acids is 8. The number of aliphatic carboxylic acids is 7. The topological polar surface area (TPSA) is 539 Å². The summed E-state index contributed by atoms with van der Waals surface area (Å²) in [6.07, 6.45) is 6.76. The van der Waals surface area contributed by atoms with Crippen molar-refractivity contribution in [1.82, 2.24) is 20.2 Å². The van der Waals surface area contributed by atoms with Crippen molar-refractivity contribution in [2.75, 3.05) is 19.6 Å². The molecule has 91 heavy (non-hydrogen) atoms. The number of hydrogen-bond donors (Lipinski definition) is 17. The third kappa shape index (κ3) is 36.6. The van der Waals surface area contributed by atoms with E-state index in [0.717, 1.165) is 54.7 Å². The molecule has 0 aliphatic carbocycles. The zero-order valence-corrected chi connectivity index (χ0v) is 50.5. The molecule has 28 nitrogen and oxygen atoms in total. The minimum atomic E-state index is -1.11. The Balaban J connectivity index is 0.000000529. The molecule has 0 saturated carbocycles. The van der Waals surface area contributed by atoms with Gasteiger partial charge in [-0.05, 0) is 109 Å². The number of aromatic nitrogens is 2. The number of carboxylic acid groups (broad SMARTS) is 8. The number of nitrogens with two attached hydrogens (primary N) is 7. The van der Waals surface area contributed by atoms with E-state index in [1.54, 1.807) is 54.9 Å². The van der Waals surface area contributed by atoms with Gasteiger partial charge in [0.05, 0.1) is 30.0 Å². The van der Waals surface area contributed by atoms with E-state index in [2.05, 4.69) is 21.4 Å². The number of fused-ring (bicyclic) bond motifs is 1. The van der Waals surface area contributed by atoms with Crippen molar-refractivity contribution in [3.05, 3.63) is 196 Å². The number of amides is 1. The smallest absolute Gasteiger partial charge is 0.335 e. The van der Waals surface area contributed by atoms with Gasteiger partial charge in [-0.1, -0.05) is 121 Å². The fraction of sp³-hybridized carbons (Fsp3) is 0.323. The molecule has 1 amide bonds. The van der Waals surface area contributed by atoms with Crippen molar-refractivity contribution < 1.29 is 84.0 Å². The Morgan fingerprint density at radius 2 is 1.01 bits per heavy atom. The molecule has 1 saturated heterocycles. The van der Waals surface area contributed by atoms with Crippen molar-refractivity contribution in [3.63, 3.8) is 0 Å². The van der Waals surface area contributed by atoms with Crippen LogP contribution in [-0.2, 0) is 83.7 Å². The molecule has 2 aliphatic heterocycles. The number of piperidine rings is 1. The maximum atomic E-state index is 10.7. The molecule has 29 heteroatoms. The van der Waals surface area contributed by atoms with Crippen LogP contribution in [0, 0.1) is 5.92 Å². The summed E-state index contributed by atoms with van der Waals surface area (Å²) in [5.41, 5.74) is 43.2. The molecule has 3 heterocycles. The Kier molecular flexibility index (Phi) is 39.2. The average Bonchev–Trinajstić information content (AvgIpc) is 2.21. The number of carbonyl (C=O) groups is 9. The van der Waals surface area contributed by atoms with Crippen LogP contribution in [0.2, 0.25) is 5.02 Å². The highest BCUT2D eigenvalue weighted by Gasteiger charge is 2.23. The van der Waals surface area contributed by atoms with E-state index < -0.39 is 83.9 Å². The van der Waals surface area contributed by atoms with E-state index in [-0.39, 0.29) is 31.7 Å². The number of nitrogens with one attached hydrogen (secondary N) is 2. The average molecular weight is 1290 g/mol. The van der Waals surface area contributed by atoms with Gasteiger partial charge in [-0.2, -0.15) is 0 Å². The van der Waals surface area contributed by atoms with Crippen LogP contribution < -0.4 is 50.8 Å². The lowest BCUT2D eigenvalue weighted by Crippen LogP contribution is -2.41. The van der Waals surface area contributed by atoms with Crippen molar-refractivity contribution in [2.24, 2.45) is 46.1 Å². The number of imidazole rings is 1. The predicted octanol–water partition coefficient (Wildman–Crippen LogP) is 2.21. The summed E-state index contributed by atoms with van der Waals surface area (Å²) in [5.74, 6) is -7.98. The molecule has 5 unspecified atom stereocenters. The number of hydrogen-bond acceptors (Lipinski definition) is 18. The van der Waals surface area contributed by atoms with Gasteiger partial charge in [0.2, 0.25) is 5.91 Å². The van der Waals surface area contributed by atoms with E-state index >= 15 is 0 Å². The molecular formula is C62H82ClN11O17. The largest absolute Gasteiger partial charge is 0.481 e. The predicted molar refractivity (Wildman–Crippen MR) is 337 cm³/mol. The van der Waals surface area contributed by atoms with Gasteiger partial charge < -0.3 is 96.2 Å². The maximum absolute atomic E-state index is 10.7. The highest BCUT2D eigenvalue weighted by atomic mass is 35.5. The normalized spacial score (nSPS) is 13.9.